The van der Waals surface area contributed by atoms with Crippen molar-refractivity contribution >= 4 is 5.52 Å². The van der Waals surface area contributed by atoms with Gasteiger partial charge in [0, 0.05) is 12.6 Å². The van der Waals surface area contributed by atoms with Crippen molar-refractivity contribution in [3.05, 3.63) is 30.4 Å². The molecule has 0 atom stereocenters. The number of hydrogen-bond donors (Lipinski definition) is 1. The first-order chi connectivity index (χ1) is 6.33. The summed E-state index contributed by atoms with van der Waals surface area (Å²) in [7, 11) is 0. The van der Waals surface area contributed by atoms with Crippen LogP contribution in [0.25, 0.3) is 5.52 Å². The lowest BCUT2D eigenvalue weighted by Gasteiger charge is -1.99. The normalized spacial score (nSPS) is 10.8. The Morgan fingerprint density at radius 1 is 1.54 bits per heavy atom. The van der Waals surface area contributed by atoms with Gasteiger partial charge in [0.25, 0.3) is 0 Å². The molecule has 3 heteroatoms. The Labute approximate surface area is 76.7 Å². The van der Waals surface area contributed by atoms with Gasteiger partial charge in [0.1, 0.15) is 17.1 Å². The average molecular weight is 176 g/mol. The SMILES string of the molecule is CCCc1ncc2c(O)cccn12. The van der Waals surface area contributed by atoms with Gasteiger partial charge < -0.3 is 9.51 Å². The first-order valence-corrected chi connectivity index (χ1v) is 4.47. The van der Waals surface area contributed by atoms with Crippen molar-refractivity contribution in [1.82, 2.24) is 9.38 Å². The van der Waals surface area contributed by atoms with Crippen LogP contribution in [0.3, 0.4) is 0 Å². The van der Waals surface area contributed by atoms with Gasteiger partial charge in [-0.15, -0.1) is 0 Å². The van der Waals surface area contributed by atoms with Crippen molar-refractivity contribution < 1.29 is 5.11 Å². The molecule has 0 saturated carbocycles. The summed E-state index contributed by atoms with van der Waals surface area (Å²) in [5, 5.41) is 9.49. The van der Waals surface area contributed by atoms with Gasteiger partial charge >= 0.3 is 0 Å². The highest BCUT2D eigenvalue weighted by atomic mass is 16.3. The average Bonchev–Trinajstić information content (AvgIpc) is 2.51. The van der Waals surface area contributed by atoms with E-state index >= 15 is 0 Å². The number of aromatic nitrogens is 2. The number of pyridine rings is 1. The molecule has 0 fully saturated rings. The largest absolute Gasteiger partial charge is 0.506 e. The summed E-state index contributed by atoms with van der Waals surface area (Å²) in [6.45, 7) is 2.11. The van der Waals surface area contributed by atoms with Crippen LogP contribution in [0.1, 0.15) is 19.2 Å². The molecule has 2 rings (SSSR count). The molecule has 0 aliphatic heterocycles. The molecule has 68 valence electrons. The Morgan fingerprint density at radius 3 is 3.15 bits per heavy atom. The van der Waals surface area contributed by atoms with E-state index in [1.165, 1.54) is 0 Å². The van der Waals surface area contributed by atoms with Crippen LogP contribution in [0.2, 0.25) is 0 Å². The van der Waals surface area contributed by atoms with E-state index < -0.39 is 0 Å². The number of hydrogen-bond acceptors (Lipinski definition) is 2. The fraction of sp³-hybridized carbons (Fsp3) is 0.300. The zero-order chi connectivity index (χ0) is 9.26. The molecule has 2 aromatic rings. The van der Waals surface area contributed by atoms with E-state index in [2.05, 4.69) is 11.9 Å². The highest BCUT2D eigenvalue weighted by molar-refractivity contribution is 5.58. The van der Waals surface area contributed by atoms with E-state index in [1.54, 1.807) is 12.3 Å². The molecular formula is C10H12N2O. The smallest absolute Gasteiger partial charge is 0.141 e. The standard InChI is InChI=1S/C10H12N2O/c1-2-4-10-11-7-8-9(13)5-3-6-12(8)10/h3,5-7,13H,2,4H2,1H3. The Morgan fingerprint density at radius 2 is 2.38 bits per heavy atom. The highest BCUT2D eigenvalue weighted by Gasteiger charge is 2.04. The molecule has 1 N–H and O–H groups in total. The van der Waals surface area contributed by atoms with Crippen LogP contribution >= 0.6 is 0 Å². The van der Waals surface area contributed by atoms with Gasteiger partial charge in [-0.1, -0.05) is 6.92 Å². The van der Waals surface area contributed by atoms with Crippen LogP contribution in [-0.4, -0.2) is 14.5 Å². The fourth-order valence-electron chi connectivity index (χ4n) is 1.47. The third-order valence-corrected chi connectivity index (χ3v) is 2.10. The molecule has 0 radical (unpaired) electrons. The van der Waals surface area contributed by atoms with Crippen molar-refractivity contribution in [2.24, 2.45) is 0 Å². The summed E-state index contributed by atoms with van der Waals surface area (Å²) in [6.07, 6.45) is 5.64. The number of nitrogens with zero attached hydrogens (tertiary/aromatic N) is 2. The minimum Gasteiger partial charge on any atom is -0.506 e. The van der Waals surface area contributed by atoms with Gasteiger partial charge in [-0.05, 0) is 18.6 Å². The lowest BCUT2D eigenvalue weighted by molar-refractivity contribution is 0.479. The Balaban J connectivity index is 2.61. The van der Waals surface area contributed by atoms with Crippen molar-refractivity contribution in [3.8, 4) is 5.75 Å². The maximum atomic E-state index is 9.49. The predicted octanol–water partition coefficient (Wildman–Crippen LogP) is 1.99. The molecule has 13 heavy (non-hydrogen) atoms. The van der Waals surface area contributed by atoms with Gasteiger partial charge in [-0.3, -0.25) is 0 Å². The van der Waals surface area contributed by atoms with Crippen LogP contribution in [0.5, 0.6) is 5.75 Å². The summed E-state index contributed by atoms with van der Waals surface area (Å²) in [5.74, 6) is 1.30. The van der Waals surface area contributed by atoms with Crippen molar-refractivity contribution in [2.45, 2.75) is 19.8 Å². The van der Waals surface area contributed by atoms with Gasteiger partial charge in [-0.2, -0.15) is 0 Å². The van der Waals surface area contributed by atoms with Gasteiger partial charge in [-0.25, -0.2) is 4.98 Å². The second-order valence-corrected chi connectivity index (χ2v) is 3.07. The Hall–Kier alpha value is -1.51. The Bertz CT molecular complexity index is 420. The maximum Gasteiger partial charge on any atom is 0.141 e. The summed E-state index contributed by atoms with van der Waals surface area (Å²) >= 11 is 0. The second-order valence-electron chi connectivity index (χ2n) is 3.07. The number of aromatic hydroxyl groups is 1. The van der Waals surface area contributed by atoms with Crippen LogP contribution in [-0.2, 0) is 6.42 Å². The summed E-state index contributed by atoms with van der Waals surface area (Å²) < 4.78 is 1.93. The molecule has 0 bridgehead atoms. The van der Waals surface area contributed by atoms with Crippen molar-refractivity contribution in [3.63, 3.8) is 0 Å². The summed E-state index contributed by atoms with van der Waals surface area (Å²) in [5.41, 5.74) is 0.783. The van der Waals surface area contributed by atoms with Gasteiger partial charge in [0.05, 0.1) is 6.20 Å². The zero-order valence-corrected chi connectivity index (χ0v) is 7.57. The van der Waals surface area contributed by atoms with Crippen LogP contribution in [0, 0.1) is 0 Å². The lowest BCUT2D eigenvalue weighted by Crippen LogP contribution is -1.92. The molecule has 2 aromatic heterocycles. The number of fused-ring (bicyclic) bond motifs is 1. The summed E-state index contributed by atoms with van der Waals surface area (Å²) in [6, 6.07) is 3.50. The molecule has 0 spiro atoms. The molecule has 3 nitrogen and oxygen atoms in total. The molecule has 2 heterocycles. The molecular weight excluding hydrogens is 164 g/mol. The van der Waals surface area contributed by atoms with E-state index in [1.807, 2.05) is 16.7 Å². The van der Waals surface area contributed by atoms with E-state index in [9.17, 15) is 5.11 Å². The summed E-state index contributed by atoms with van der Waals surface area (Å²) in [4.78, 5) is 4.25. The first-order valence-electron chi connectivity index (χ1n) is 4.47. The first kappa shape index (κ1) is 8.10. The van der Waals surface area contributed by atoms with Crippen LogP contribution < -0.4 is 0 Å². The third kappa shape index (κ3) is 1.26. The van der Waals surface area contributed by atoms with Crippen molar-refractivity contribution in [1.29, 1.82) is 0 Å². The second kappa shape index (κ2) is 3.09. The molecule has 0 amide bonds. The number of imidazole rings is 1. The third-order valence-electron chi connectivity index (χ3n) is 2.10. The lowest BCUT2D eigenvalue weighted by atomic mass is 10.3. The molecule has 0 aromatic carbocycles. The molecule has 0 saturated heterocycles. The molecule has 0 aliphatic carbocycles. The number of rotatable bonds is 2. The fourth-order valence-corrected chi connectivity index (χ4v) is 1.47. The predicted molar refractivity (Wildman–Crippen MR) is 50.9 cm³/mol. The van der Waals surface area contributed by atoms with E-state index in [4.69, 9.17) is 0 Å². The number of aryl methyl sites for hydroxylation is 1. The van der Waals surface area contributed by atoms with Gasteiger partial charge in [0.15, 0.2) is 0 Å². The van der Waals surface area contributed by atoms with Crippen LogP contribution in [0.4, 0.5) is 0 Å². The highest BCUT2D eigenvalue weighted by Crippen LogP contribution is 2.18. The van der Waals surface area contributed by atoms with E-state index in [0.29, 0.717) is 0 Å². The maximum absolute atomic E-state index is 9.49. The zero-order valence-electron chi connectivity index (χ0n) is 7.57. The molecule has 0 aliphatic rings. The minimum atomic E-state index is 0.289. The monoisotopic (exact) mass is 176 g/mol. The quantitative estimate of drug-likeness (QED) is 0.759. The minimum absolute atomic E-state index is 0.289. The van der Waals surface area contributed by atoms with Crippen LogP contribution in [0.15, 0.2) is 24.5 Å². The van der Waals surface area contributed by atoms with E-state index in [-0.39, 0.29) is 5.75 Å². The van der Waals surface area contributed by atoms with Crippen molar-refractivity contribution in [2.75, 3.05) is 0 Å². The molecule has 0 unspecified atom stereocenters. The van der Waals surface area contributed by atoms with E-state index in [0.717, 1.165) is 24.2 Å². The Kier molecular flexibility index (Phi) is 1.93. The van der Waals surface area contributed by atoms with Gasteiger partial charge in [0.2, 0.25) is 0 Å². The topological polar surface area (TPSA) is 37.5 Å².